The lowest BCUT2D eigenvalue weighted by Gasteiger charge is -2.16. The Bertz CT molecular complexity index is 1140. The van der Waals surface area contributed by atoms with Crippen molar-refractivity contribution in [2.75, 3.05) is 10.6 Å². The maximum atomic E-state index is 13.1. The van der Waals surface area contributed by atoms with Crippen molar-refractivity contribution in [1.82, 2.24) is 9.97 Å². The SMILES string of the molecule is FC(F)(F)Oc1cccc(-c2cc(Nc3cccc(C(F)(F)F)c3)nc(NC3CCCC3)n2)c1. The van der Waals surface area contributed by atoms with Crippen LogP contribution in [0.5, 0.6) is 5.75 Å². The Morgan fingerprint density at radius 3 is 2.29 bits per heavy atom. The molecule has 1 heterocycles. The van der Waals surface area contributed by atoms with Gasteiger partial charge in [0.15, 0.2) is 0 Å². The summed E-state index contributed by atoms with van der Waals surface area (Å²) in [7, 11) is 0. The van der Waals surface area contributed by atoms with Gasteiger partial charge in [-0.15, -0.1) is 13.2 Å². The highest BCUT2D eigenvalue weighted by Gasteiger charge is 2.31. The number of aromatic nitrogens is 2. The number of anilines is 3. The lowest BCUT2D eigenvalue weighted by molar-refractivity contribution is -0.274. The van der Waals surface area contributed by atoms with Crippen molar-refractivity contribution in [3.63, 3.8) is 0 Å². The Hall–Kier alpha value is -3.50. The number of benzene rings is 2. The lowest BCUT2D eigenvalue weighted by atomic mass is 10.1. The van der Waals surface area contributed by atoms with Crippen molar-refractivity contribution in [3.8, 4) is 17.0 Å². The molecule has 0 saturated heterocycles. The second-order valence-corrected chi connectivity index (χ2v) is 7.87. The van der Waals surface area contributed by atoms with Crippen molar-refractivity contribution < 1.29 is 31.1 Å². The van der Waals surface area contributed by atoms with E-state index < -0.39 is 23.9 Å². The fourth-order valence-corrected chi connectivity index (χ4v) is 3.75. The van der Waals surface area contributed by atoms with Gasteiger partial charge < -0.3 is 15.4 Å². The van der Waals surface area contributed by atoms with Gasteiger partial charge in [-0.1, -0.05) is 31.0 Å². The van der Waals surface area contributed by atoms with Crippen molar-refractivity contribution in [2.45, 2.75) is 44.3 Å². The first-order valence-corrected chi connectivity index (χ1v) is 10.5. The third-order valence-electron chi connectivity index (χ3n) is 5.24. The summed E-state index contributed by atoms with van der Waals surface area (Å²) in [6.07, 6.45) is -5.44. The molecule has 1 fully saturated rings. The highest BCUT2D eigenvalue weighted by atomic mass is 19.4. The zero-order valence-corrected chi connectivity index (χ0v) is 17.7. The van der Waals surface area contributed by atoms with Crippen LogP contribution in [-0.4, -0.2) is 22.4 Å². The highest BCUT2D eigenvalue weighted by Crippen LogP contribution is 2.33. The van der Waals surface area contributed by atoms with Crippen molar-refractivity contribution in [2.24, 2.45) is 0 Å². The van der Waals surface area contributed by atoms with Gasteiger partial charge in [-0.25, -0.2) is 4.98 Å². The molecule has 180 valence electrons. The Labute approximate surface area is 191 Å². The number of ether oxygens (including phenoxy) is 1. The smallest absolute Gasteiger partial charge is 0.406 e. The van der Waals surface area contributed by atoms with Crippen molar-refractivity contribution >= 4 is 17.5 Å². The van der Waals surface area contributed by atoms with Gasteiger partial charge in [0.2, 0.25) is 5.95 Å². The summed E-state index contributed by atoms with van der Waals surface area (Å²) in [5, 5.41) is 6.05. The molecule has 0 spiro atoms. The van der Waals surface area contributed by atoms with Crippen LogP contribution in [0.4, 0.5) is 43.8 Å². The topological polar surface area (TPSA) is 59.1 Å². The summed E-state index contributed by atoms with van der Waals surface area (Å²) in [4.78, 5) is 8.79. The number of nitrogens with zero attached hydrogens (tertiary/aromatic N) is 2. The molecule has 1 aliphatic rings. The summed E-state index contributed by atoms with van der Waals surface area (Å²) in [5.41, 5.74) is -0.0724. The van der Waals surface area contributed by atoms with Gasteiger partial charge in [-0.2, -0.15) is 18.2 Å². The second-order valence-electron chi connectivity index (χ2n) is 7.87. The van der Waals surface area contributed by atoms with Gasteiger partial charge >= 0.3 is 12.5 Å². The third-order valence-corrected chi connectivity index (χ3v) is 5.24. The van der Waals surface area contributed by atoms with Gasteiger partial charge in [0, 0.05) is 23.4 Å². The third kappa shape index (κ3) is 6.30. The first-order valence-electron chi connectivity index (χ1n) is 10.5. The Morgan fingerprint density at radius 1 is 0.853 bits per heavy atom. The Balaban J connectivity index is 1.68. The molecule has 0 aliphatic heterocycles. The van der Waals surface area contributed by atoms with Gasteiger partial charge in [0.1, 0.15) is 11.6 Å². The van der Waals surface area contributed by atoms with E-state index in [1.54, 1.807) is 6.07 Å². The molecule has 4 rings (SSSR count). The average Bonchev–Trinajstić information content (AvgIpc) is 3.25. The van der Waals surface area contributed by atoms with E-state index in [0.717, 1.165) is 43.9 Å². The summed E-state index contributed by atoms with van der Waals surface area (Å²) >= 11 is 0. The first kappa shape index (κ1) is 23.7. The zero-order chi connectivity index (χ0) is 24.3. The van der Waals surface area contributed by atoms with Crippen molar-refractivity contribution in [3.05, 3.63) is 60.2 Å². The molecule has 0 unspecified atom stereocenters. The molecule has 0 bridgehead atoms. The molecule has 0 atom stereocenters. The monoisotopic (exact) mass is 482 g/mol. The zero-order valence-electron chi connectivity index (χ0n) is 17.7. The van der Waals surface area contributed by atoms with Crippen LogP contribution in [0.15, 0.2) is 54.6 Å². The largest absolute Gasteiger partial charge is 0.573 e. The second kappa shape index (κ2) is 9.40. The summed E-state index contributed by atoms with van der Waals surface area (Å²) in [6, 6.07) is 11.5. The number of hydrogen-bond acceptors (Lipinski definition) is 5. The van der Waals surface area contributed by atoms with Gasteiger partial charge in [-0.05, 0) is 43.2 Å². The number of rotatable bonds is 6. The fourth-order valence-electron chi connectivity index (χ4n) is 3.75. The highest BCUT2D eigenvalue weighted by molar-refractivity contribution is 5.68. The molecular formula is C23H20F6N4O. The van der Waals surface area contributed by atoms with Gasteiger partial charge in [0.05, 0.1) is 11.3 Å². The van der Waals surface area contributed by atoms with Crippen LogP contribution in [0.3, 0.4) is 0 Å². The predicted octanol–water partition coefficient (Wildman–Crippen LogP) is 7.16. The minimum Gasteiger partial charge on any atom is -0.406 e. The van der Waals surface area contributed by atoms with Crippen LogP contribution in [0.25, 0.3) is 11.3 Å². The molecule has 3 aromatic rings. The minimum absolute atomic E-state index is 0.136. The standard InChI is InChI=1S/C23H20F6N4O/c24-22(25,26)15-6-4-9-17(12-15)30-20-13-19(32-21(33-20)31-16-7-1-2-8-16)14-5-3-10-18(11-14)34-23(27,28)29/h3-6,9-13,16H,1-2,7-8H2,(H2,30,31,32,33). The van der Waals surface area contributed by atoms with Gasteiger partial charge in [0.25, 0.3) is 0 Å². The molecule has 2 aromatic carbocycles. The molecule has 34 heavy (non-hydrogen) atoms. The average molecular weight is 482 g/mol. The predicted molar refractivity (Wildman–Crippen MR) is 115 cm³/mol. The van der Waals surface area contributed by atoms with E-state index >= 15 is 0 Å². The van der Waals surface area contributed by atoms with E-state index in [2.05, 4.69) is 25.3 Å². The minimum atomic E-state index is -4.85. The van der Waals surface area contributed by atoms with Crippen LogP contribution in [-0.2, 0) is 6.18 Å². The fraction of sp³-hybridized carbons (Fsp3) is 0.304. The summed E-state index contributed by atoms with van der Waals surface area (Å²) in [5.74, 6) is -0.00529. The lowest BCUT2D eigenvalue weighted by Crippen LogP contribution is -2.17. The number of halogens is 6. The normalized spacial score (nSPS) is 14.8. The van der Waals surface area contributed by atoms with E-state index in [4.69, 9.17) is 0 Å². The van der Waals surface area contributed by atoms with Crippen LogP contribution >= 0.6 is 0 Å². The van der Waals surface area contributed by atoms with Crippen LogP contribution in [0.1, 0.15) is 31.2 Å². The van der Waals surface area contributed by atoms with E-state index in [1.165, 1.54) is 30.3 Å². The van der Waals surface area contributed by atoms with E-state index in [1.807, 2.05) is 0 Å². The maximum absolute atomic E-state index is 13.1. The van der Waals surface area contributed by atoms with E-state index in [-0.39, 0.29) is 29.2 Å². The Morgan fingerprint density at radius 2 is 1.59 bits per heavy atom. The Kier molecular flexibility index (Phi) is 6.54. The molecule has 5 nitrogen and oxygen atoms in total. The van der Waals surface area contributed by atoms with Crippen LogP contribution in [0, 0.1) is 0 Å². The molecule has 11 heteroatoms. The molecular weight excluding hydrogens is 462 g/mol. The van der Waals surface area contributed by atoms with Crippen LogP contribution < -0.4 is 15.4 Å². The molecule has 2 N–H and O–H groups in total. The van der Waals surface area contributed by atoms with Crippen LogP contribution in [0.2, 0.25) is 0 Å². The quantitative estimate of drug-likeness (QED) is 0.365. The first-order chi connectivity index (χ1) is 16.0. The molecule has 0 radical (unpaired) electrons. The number of nitrogens with one attached hydrogen (secondary N) is 2. The van der Waals surface area contributed by atoms with E-state index in [0.29, 0.717) is 5.56 Å². The van der Waals surface area contributed by atoms with Gasteiger partial charge in [-0.3, -0.25) is 0 Å². The summed E-state index contributed by atoms with van der Waals surface area (Å²) < 4.78 is 81.2. The number of hydrogen-bond donors (Lipinski definition) is 2. The molecule has 0 amide bonds. The number of alkyl halides is 6. The van der Waals surface area contributed by atoms with E-state index in [9.17, 15) is 26.3 Å². The molecule has 1 aromatic heterocycles. The van der Waals surface area contributed by atoms with Crippen molar-refractivity contribution in [1.29, 1.82) is 0 Å². The maximum Gasteiger partial charge on any atom is 0.573 e. The molecule has 1 saturated carbocycles. The summed E-state index contributed by atoms with van der Waals surface area (Å²) in [6.45, 7) is 0. The molecule has 1 aliphatic carbocycles.